The Balaban J connectivity index is 1.77. The van der Waals surface area contributed by atoms with Crippen molar-refractivity contribution in [3.63, 3.8) is 0 Å². The maximum Gasteiger partial charge on any atom is 0.326 e. The van der Waals surface area contributed by atoms with Gasteiger partial charge in [-0.25, -0.2) is 0 Å². The van der Waals surface area contributed by atoms with Crippen LogP contribution in [-0.2, 0) is 19.1 Å². The van der Waals surface area contributed by atoms with E-state index in [0.29, 0.717) is 19.3 Å². The summed E-state index contributed by atoms with van der Waals surface area (Å²) in [6.45, 7) is 5.33. The van der Waals surface area contributed by atoms with E-state index in [1.54, 1.807) is 20.8 Å². The van der Waals surface area contributed by atoms with E-state index in [9.17, 15) is 14.4 Å². The number of esters is 1. The van der Waals surface area contributed by atoms with Crippen LogP contribution >= 0.6 is 11.8 Å². The van der Waals surface area contributed by atoms with Crippen molar-refractivity contribution in [2.75, 3.05) is 6.54 Å². The van der Waals surface area contributed by atoms with Gasteiger partial charge in [-0.15, -0.1) is 0 Å². The molecule has 1 amide bonds. The molecular weight excluding hydrogens is 326 g/mol. The fraction of sp³-hybridized carbons (Fsp3) is 0.500. The molecular formula is C18H23NO4S. The quantitative estimate of drug-likeness (QED) is 0.449. The molecule has 1 saturated heterocycles. The molecule has 1 atom stereocenters. The predicted molar refractivity (Wildman–Crippen MR) is 92.5 cm³/mol. The van der Waals surface area contributed by atoms with E-state index in [0.717, 1.165) is 4.90 Å². The van der Waals surface area contributed by atoms with E-state index >= 15 is 0 Å². The standard InChI is InChI=1S/C18H23NO4S/c1-18(2,3)23-16(21)12-19-13(11-15(19)20)9-10-17(22)24-14-7-5-4-6-8-14/h4-8,13H,9-12H2,1-3H3. The molecule has 1 unspecified atom stereocenters. The van der Waals surface area contributed by atoms with Crippen molar-refractivity contribution in [3.8, 4) is 0 Å². The van der Waals surface area contributed by atoms with Crippen molar-refractivity contribution < 1.29 is 19.1 Å². The third kappa shape index (κ3) is 5.67. The number of carbonyl (C=O) groups is 3. The Kier molecular flexibility index (Phi) is 6.04. The van der Waals surface area contributed by atoms with Crippen LogP contribution in [0.25, 0.3) is 0 Å². The number of rotatable bonds is 6. The van der Waals surface area contributed by atoms with Gasteiger partial charge < -0.3 is 9.64 Å². The summed E-state index contributed by atoms with van der Waals surface area (Å²) >= 11 is 1.21. The number of β-lactam (4-membered cyclic amide) rings is 1. The number of ether oxygens (including phenoxy) is 1. The van der Waals surface area contributed by atoms with Crippen molar-refractivity contribution in [1.29, 1.82) is 0 Å². The Morgan fingerprint density at radius 2 is 1.92 bits per heavy atom. The molecule has 24 heavy (non-hydrogen) atoms. The highest BCUT2D eigenvalue weighted by atomic mass is 32.2. The average Bonchev–Trinajstić information content (AvgIpc) is 2.48. The molecule has 2 rings (SSSR count). The zero-order chi connectivity index (χ0) is 17.7. The number of likely N-dealkylation sites (tertiary alicyclic amines) is 1. The SMILES string of the molecule is CC(C)(C)OC(=O)CN1C(=O)CC1CCC(=O)Sc1ccccc1. The summed E-state index contributed by atoms with van der Waals surface area (Å²) in [6.07, 6.45) is 1.35. The van der Waals surface area contributed by atoms with E-state index < -0.39 is 11.6 Å². The van der Waals surface area contributed by atoms with Crippen LogP contribution in [0.1, 0.15) is 40.0 Å². The van der Waals surface area contributed by atoms with Crippen LogP contribution < -0.4 is 0 Å². The highest BCUT2D eigenvalue weighted by Gasteiger charge is 2.37. The van der Waals surface area contributed by atoms with Gasteiger partial charge in [-0.05, 0) is 39.3 Å². The first-order valence-electron chi connectivity index (χ1n) is 8.01. The molecule has 130 valence electrons. The van der Waals surface area contributed by atoms with Crippen LogP contribution in [0.2, 0.25) is 0 Å². The summed E-state index contributed by atoms with van der Waals surface area (Å²) in [7, 11) is 0. The highest BCUT2D eigenvalue weighted by molar-refractivity contribution is 8.13. The normalized spacial score (nSPS) is 17.4. The second-order valence-corrected chi connectivity index (χ2v) is 7.92. The lowest BCUT2D eigenvalue weighted by atomic mass is 9.97. The van der Waals surface area contributed by atoms with E-state index in [4.69, 9.17) is 4.74 Å². The smallest absolute Gasteiger partial charge is 0.326 e. The second-order valence-electron chi connectivity index (χ2n) is 6.79. The fourth-order valence-corrected chi connectivity index (χ4v) is 3.24. The molecule has 1 aliphatic heterocycles. The lowest BCUT2D eigenvalue weighted by Crippen LogP contribution is -2.55. The van der Waals surface area contributed by atoms with Gasteiger partial charge in [-0.2, -0.15) is 0 Å². The van der Waals surface area contributed by atoms with Crippen LogP contribution in [-0.4, -0.2) is 40.1 Å². The van der Waals surface area contributed by atoms with E-state index in [1.807, 2.05) is 30.3 Å². The van der Waals surface area contributed by atoms with Crippen molar-refractivity contribution >= 4 is 28.8 Å². The number of thioether (sulfide) groups is 1. The molecule has 1 aliphatic rings. The zero-order valence-corrected chi connectivity index (χ0v) is 15.1. The molecule has 5 nitrogen and oxygen atoms in total. The van der Waals surface area contributed by atoms with Crippen molar-refractivity contribution in [3.05, 3.63) is 30.3 Å². The Labute approximate surface area is 146 Å². The van der Waals surface area contributed by atoms with Gasteiger partial charge in [0.05, 0.1) is 0 Å². The van der Waals surface area contributed by atoms with E-state index in [2.05, 4.69) is 0 Å². The first kappa shape index (κ1) is 18.5. The monoisotopic (exact) mass is 349 g/mol. The molecule has 0 N–H and O–H groups in total. The summed E-state index contributed by atoms with van der Waals surface area (Å²) in [5, 5.41) is 0.0674. The summed E-state index contributed by atoms with van der Waals surface area (Å²) in [6, 6.07) is 9.42. The fourth-order valence-electron chi connectivity index (χ4n) is 2.46. The molecule has 0 bridgehead atoms. The number of benzene rings is 1. The van der Waals surface area contributed by atoms with Crippen LogP contribution in [0.5, 0.6) is 0 Å². The Bertz CT molecular complexity index is 609. The number of nitrogens with zero attached hydrogens (tertiary/aromatic N) is 1. The van der Waals surface area contributed by atoms with Crippen molar-refractivity contribution in [2.45, 2.75) is 56.6 Å². The van der Waals surface area contributed by atoms with E-state index in [-0.39, 0.29) is 23.6 Å². The van der Waals surface area contributed by atoms with Crippen molar-refractivity contribution in [2.24, 2.45) is 0 Å². The van der Waals surface area contributed by atoms with Gasteiger partial charge in [0.15, 0.2) is 5.12 Å². The predicted octanol–water partition coefficient (Wildman–Crippen LogP) is 3.03. The molecule has 1 heterocycles. The van der Waals surface area contributed by atoms with Gasteiger partial charge >= 0.3 is 5.97 Å². The maximum absolute atomic E-state index is 12.0. The minimum Gasteiger partial charge on any atom is -0.459 e. The molecule has 6 heteroatoms. The Morgan fingerprint density at radius 1 is 1.25 bits per heavy atom. The van der Waals surface area contributed by atoms with Crippen LogP contribution in [0.15, 0.2) is 35.2 Å². The summed E-state index contributed by atoms with van der Waals surface area (Å²) in [5.74, 6) is -0.473. The van der Waals surface area contributed by atoms with Gasteiger partial charge in [-0.1, -0.05) is 30.0 Å². The van der Waals surface area contributed by atoms with Gasteiger partial charge in [-0.3, -0.25) is 14.4 Å². The molecule has 1 aromatic rings. The molecule has 0 aromatic heterocycles. The van der Waals surface area contributed by atoms with Crippen LogP contribution in [0.4, 0.5) is 0 Å². The minimum atomic E-state index is -0.567. The van der Waals surface area contributed by atoms with Crippen LogP contribution in [0, 0.1) is 0 Å². The molecule has 0 spiro atoms. The molecule has 1 fully saturated rings. The number of hydrogen-bond donors (Lipinski definition) is 0. The minimum absolute atomic E-state index is 0.0409. The van der Waals surface area contributed by atoms with Gasteiger partial charge in [0.2, 0.25) is 5.91 Å². The molecule has 0 radical (unpaired) electrons. The van der Waals surface area contributed by atoms with E-state index in [1.165, 1.54) is 16.7 Å². The lowest BCUT2D eigenvalue weighted by molar-refractivity contribution is -0.165. The lowest BCUT2D eigenvalue weighted by Gasteiger charge is -2.40. The topological polar surface area (TPSA) is 63.7 Å². The summed E-state index contributed by atoms with van der Waals surface area (Å²) in [5.41, 5.74) is -0.567. The first-order valence-corrected chi connectivity index (χ1v) is 8.83. The maximum atomic E-state index is 12.0. The Morgan fingerprint density at radius 3 is 2.50 bits per heavy atom. The number of amides is 1. The van der Waals surface area contributed by atoms with Gasteiger partial charge in [0.1, 0.15) is 12.1 Å². The van der Waals surface area contributed by atoms with Crippen molar-refractivity contribution in [1.82, 2.24) is 4.90 Å². The van der Waals surface area contributed by atoms with Crippen LogP contribution in [0.3, 0.4) is 0 Å². The summed E-state index contributed by atoms with van der Waals surface area (Å²) in [4.78, 5) is 38.0. The van der Waals surface area contributed by atoms with Gasteiger partial charge in [0.25, 0.3) is 0 Å². The highest BCUT2D eigenvalue weighted by Crippen LogP contribution is 2.27. The average molecular weight is 349 g/mol. The second kappa shape index (κ2) is 7.83. The molecule has 0 saturated carbocycles. The third-order valence-electron chi connectivity index (χ3n) is 3.55. The number of carbonyl (C=O) groups excluding carboxylic acids is 3. The zero-order valence-electron chi connectivity index (χ0n) is 14.3. The third-order valence-corrected chi connectivity index (χ3v) is 4.49. The molecule has 1 aromatic carbocycles. The molecule has 0 aliphatic carbocycles. The first-order chi connectivity index (χ1) is 11.2. The summed E-state index contributed by atoms with van der Waals surface area (Å²) < 4.78 is 5.24. The Hall–Kier alpha value is -1.82. The number of hydrogen-bond acceptors (Lipinski definition) is 5. The van der Waals surface area contributed by atoms with Gasteiger partial charge in [0, 0.05) is 23.8 Å². The largest absolute Gasteiger partial charge is 0.459 e.